The van der Waals surface area contributed by atoms with Gasteiger partial charge in [-0.1, -0.05) is 53.7 Å². The molecule has 0 radical (unpaired) electrons. The lowest BCUT2D eigenvalue weighted by Crippen LogP contribution is -2.12. The van der Waals surface area contributed by atoms with E-state index < -0.39 is 0 Å². The van der Waals surface area contributed by atoms with E-state index in [0.29, 0.717) is 12.1 Å². The maximum Gasteiger partial charge on any atom is 0.0878 e. The lowest BCUT2D eigenvalue weighted by Gasteiger charge is -2.21. The summed E-state index contributed by atoms with van der Waals surface area (Å²) in [5.41, 5.74) is 7.24. The SMILES string of the molecule is Cc1cc(/C(CC(c2cccc(CCCO)c2)c2ccccc2C)=N/O)ccn1. The molecule has 3 rings (SSSR count). The van der Waals surface area contributed by atoms with Gasteiger partial charge in [0, 0.05) is 36.4 Å². The fourth-order valence-electron chi connectivity index (χ4n) is 3.77. The maximum absolute atomic E-state index is 9.79. The molecule has 4 heteroatoms. The lowest BCUT2D eigenvalue weighted by atomic mass is 9.83. The number of aliphatic hydroxyl groups is 1. The topological polar surface area (TPSA) is 65.7 Å². The Morgan fingerprint density at radius 1 is 1.03 bits per heavy atom. The van der Waals surface area contributed by atoms with Crippen LogP contribution in [0.15, 0.2) is 72.0 Å². The largest absolute Gasteiger partial charge is 0.411 e. The molecule has 0 aliphatic carbocycles. The second kappa shape index (κ2) is 9.99. The Labute approximate surface area is 172 Å². The summed E-state index contributed by atoms with van der Waals surface area (Å²) in [7, 11) is 0. The Kier molecular flexibility index (Phi) is 7.14. The predicted molar refractivity (Wildman–Crippen MR) is 117 cm³/mol. The van der Waals surface area contributed by atoms with Crippen molar-refractivity contribution in [3.63, 3.8) is 0 Å². The summed E-state index contributed by atoms with van der Waals surface area (Å²) in [6.45, 7) is 4.24. The predicted octanol–water partition coefficient (Wildman–Crippen LogP) is 5.02. The van der Waals surface area contributed by atoms with Gasteiger partial charge < -0.3 is 10.3 Å². The van der Waals surface area contributed by atoms with Crippen LogP contribution >= 0.6 is 0 Å². The van der Waals surface area contributed by atoms with Gasteiger partial charge in [0.1, 0.15) is 0 Å². The van der Waals surface area contributed by atoms with Gasteiger partial charge in [0.15, 0.2) is 0 Å². The first-order valence-electron chi connectivity index (χ1n) is 10.0. The second-order valence-corrected chi connectivity index (χ2v) is 7.42. The summed E-state index contributed by atoms with van der Waals surface area (Å²) in [6.07, 6.45) is 3.91. The molecule has 1 heterocycles. The average molecular weight is 389 g/mol. The van der Waals surface area contributed by atoms with Crippen LogP contribution in [0.2, 0.25) is 0 Å². The van der Waals surface area contributed by atoms with Gasteiger partial charge in [-0.05, 0) is 61.1 Å². The number of rotatable bonds is 8. The Hall–Kier alpha value is -2.98. The number of aryl methyl sites for hydroxylation is 3. The first-order chi connectivity index (χ1) is 14.1. The molecular weight excluding hydrogens is 360 g/mol. The monoisotopic (exact) mass is 388 g/mol. The van der Waals surface area contributed by atoms with Crippen LogP contribution in [0.25, 0.3) is 0 Å². The molecule has 0 aliphatic heterocycles. The molecule has 1 atom stereocenters. The zero-order valence-corrected chi connectivity index (χ0v) is 17.0. The van der Waals surface area contributed by atoms with Gasteiger partial charge >= 0.3 is 0 Å². The zero-order chi connectivity index (χ0) is 20.6. The van der Waals surface area contributed by atoms with Gasteiger partial charge in [-0.2, -0.15) is 0 Å². The van der Waals surface area contributed by atoms with Crippen molar-refractivity contribution in [1.82, 2.24) is 4.98 Å². The minimum Gasteiger partial charge on any atom is -0.411 e. The number of oxime groups is 1. The van der Waals surface area contributed by atoms with Crippen LogP contribution in [-0.4, -0.2) is 27.6 Å². The van der Waals surface area contributed by atoms with Gasteiger partial charge in [0.2, 0.25) is 0 Å². The molecule has 2 N–H and O–H groups in total. The number of hydrogen-bond acceptors (Lipinski definition) is 4. The molecule has 0 saturated carbocycles. The van der Waals surface area contributed by atoms with E-state index in [9.17, 15) is 10.3 Å². The van der Waals surface area contributed by atoms with E-state index in [1.807, 2.05) is 25.1 Å². The summed E-state index contributed by atoms with van der Waals surface area (Å²) < 4.78 is 0. The fourth-order valence-corrected chi connectivity index (χ4v) is 3.77. The van der Waals surface area contributed by atoms with Crippen molar-refractivity contribution in [3.05, 3.63) is 100 Å². The van der Waals surface area contributed by atoms with E-state index in [1.54, 1.807) is 6.20 Å². The summed E-state index contributed by atoms with van der Waals surface area (Å²) in [5, 5.41) is 22.6. The van der Waals surface area contributed by atoms with Crippen LogP contribution in [0.5, 0.6) is 0 Å². The normalized spacial score (nSPS) is 12.7. The van der Waals surface area contributed by atoms with Crippen molar-refractivity contribution in [2.45, 2.75) is 39.0 Å². The molecule has 0 saturated heterocycles. The summed E-state index contributed by atoms with van der Waals surface area (Å²) in [5.74, 6) is 0.0599. The molecule has 3 aromatic rings. The van der Waals surface area contributed by atoms with E-state index in [0.717, 1.165) is 24.1 Å². The Morgan fingerprint density at radius 3 is 2.59 bits per heavy atom. The Morgan fingerprint density at radius 2 is 1.86 bits per heavy atom. The van der Waals surface area contributed by atoms with E-state index in [4.69, 9.17) is 0 Å². The standard InChI is InChI=1S/C25H28N2O2/c1-18-7-3-4-11-23(18)24(21-10-5-8-20(16-21)9-6-14-28)17-25(27-29)22-12-13-26-19(2)15-22/h3-5,7-8,10-13,15-16,24,28-29H,6,9,14,17H2,1-2H3/b27-25+. The third-order valence-corrected chi connectivity index (χ3v) is 5.29. The second-order valence-electron chi connectivity index (χ2n) is 7.42. The Balaban J connectivity index is 2.01. The summed E-state index contributed by atoms with van der Waals surface area (Å²) in [6, 6.07) is 20.7. The van der Waals surface area contributed by atoms with Gasteiger partial charge in [0.25, 0.3) is 0 Å². The lowest BCUT2D eigenvalue weighted by molar-refractivity contribution is 0.288. The van der Waals surface area contributed by atoms with E-state index in [1.165, 1.54) is 22.3 Å². The van der Waals surface area contributed by atoms with Crippen molar-refractivity contribution in [2.75, 3.05) is 6.61 Å². The van der Waals surface area contributed by atoms with Gasteiger partial charge in [-0.3, -0.25) is 4.98 Å². The van der Waals surface area contributed by atoms with E-state index in [2.05, 4.69) is 59.5 Å². The van der Waals surface area contributed by atoms with E-state index in [-0.39, 0.29) is 12.5 Å². The van der Waals surface area contributed by atoms with Crippen LogP contribution in [0, 0.1) is 13.8 Å². The van der Waals surface area contributed by atoms with Crippen molar-refractivity contribution in [1.29, 1.82) is 0 Å². The highest BCUT2D eigenvalue weighted by Crippen LogP contribution is 2.32. The third-order valence-electron chi connectivity index (χ3n) is 5.29. The van der Waals surface area contributed by atoms with Crippen LogP contribution < -0.4 is 0 Å². The Bertz CT molecular complexity index is 982. The first kappa shape index (κ1) is 20.7. The molecule has 0 aliphatic rings. The summed E-state index contributed by atoms with van der Waals surface area (Å²) >= 11 is 0. The van der Waals surface area contributed by atoms with Crippen LogP contribution in [0.4, 0.5) is 0 Å². The molecule has 29 heavy (non-hydrogen) atoms. The van der Waals surface area contributed by atoms with Gasteiger partial charge in [-0.15, -0.1) is 0 Å². The third kappa shape index (κ3) is 5.30. The number of aliphatic hydroxyl groups excluding tert-OH is 1. The van der Waals surface area contributed by atoms with Crippen LogP contribution in [0.1, 0.15) is 52.3 Å². The molecule has 4 nitrogen and oxygen atoms in total. The van der Waals surface area contributed by atoms with Crippen molar-refractivity contribution < 1.29 is 10.3 Å². The molecule has 2 aromatic carbocycles. The maximum atomic E-state index is 9.79. The number of aromatic nitrogens is 1. The molecule has 150 valence electrons. The average Bonchev–Trinajstić information content (AvgIpc) is 2.74. The highest BCUT2D eigenvalue weighted by molar-refractivity contribution is 6.00. The highest BCUT2D eigenvalue weighted by Gasteiger charge is 2.20. The summed E-state index contributed by atoms with van der Waals surface area (Å²) in [4.78, 5) is 4.25. The number of nitrogens with zero attached hydrogens (tertiary/aromatic N) is 2. The molecule has 1 aromatic heterocycles. The fraction of sp³-hybridized carbons (Fsp3) is 0.280. The molecular formula is C25H28N2O2. The van der Waals surface area contributed by atoms with Crippen molar-refractivity contribution >= 4 is 5.71 Å². The number of benzene rings is 2. The molecule has 1 unspecified atom stereocenters. The van der Waals surface area contributed by atoms with Crippen molar-refractivity contribution in [2.24, 2.45) is 5.16 Å². The molecule has 0 amide bonds. The number of hydrogen-bond donors (Lipinski definition) is 2. The van der Waals surface area contributed by atoms with Crippen LogP contribution in [0.3, 0.4) is 0 Å². The van der Waals surface area contributed by atoms with Gasteiger partial charge in [-0.25, -0.2) is 0 Å². The first-order valence-corrected chi connectivity index (χ1v) is 10.0. The zero-order valence-electron chi connectivity index (χ0n) is 17.0. The highest BCUT2D eigenvalue weighted by atomic mass is 16.4. The number of pyridine rings is 1. The smallest absolute Gasteiger partial charge is 0.0878 e. The van der Waals surface area contributed by atoms with E-state index >= 15 is 0 Å². The van der Waals surface area contributed by atoms with Gasteiger partial charge in [0.05, 0.1) is 5.71 Å². The molecule has 0 spiro atoms. The minimum absolute atomic E-state index is 0.0599. The van der Waals surface area contributed by atoms with Crippen LogP contribution in [-0.2, 0) is 6.42 Å². The van der Waals surface area contributed by atoms with Crippen molar-refractivity contribution in [3.8, 4) is 0 Å². The molecule has 0 fully saturated rings. The minimum atomic E-state index is 0.0599. The quantitative estimate of drug-likeness (QED) is 0.323. The molecule has 0 bridgehead atoms.